The molecule has 1 amide bonds. The van der Waals surface area contributed by atoms with E-state index in [0.29, 0.717) is 23.7 Å². The van der Waals surface area contributed by atoms with Gasteiger partial charge >= 0.3 is 5.97 Å². The third kappa shape index (κ3) is 7.51. The molecule has 1 aromatic heterocycles. The van der Waals surface area contributed by atoms with Crippen LogP contribution >= 0.6 is 0 Å². The van der Waals surface area contributed by atoms with E-state index in [4.69, 9.17) is 9.84 Å². The second kappa shape index (κ2) is 12.8. The Morgan fingerprint density at radius 2 is 1.81 bits per heavy atom. The van der Waals surface area contributed by atoms with Crippen LogP contribution in [-0.4, -0.2) is 62.3 Å². The molecule has 4 N–H and O–H groups in total. The maximum atomic E-state index is 13.6. The first kappa shape index (κ1) is 27.6. The van der Waals surface area contributed by atoms with Gasteiger partial charge in [-0.2, -0.15) is 5.10 Å². The Kier molecular flexibility index (Phi) is 9.83. The van der Waals surface area contributed by atoms with Crippen LogP contribution in [0.5, 0.6) is 5.88 Å². The third-order valence-electron chi connectivity index (χ3n) is 6.38. The van der Waals surface area contributed by atoms with Gasteiger partial charge in [0.2, 0.25) is 5.88 Å². The molecule has 1 fully saturated rings. The van der Waals surface area contributed by atoms with Crippen molar-refractivity contribution in [3.63, 3.8) is 0 Å². The monoisotopic (exact) mass is 505 g/mol. The van der Waals surface area contributed by atoms with E-state index >= 15 is 0 Å². The molecule has 198 valence electrons. The van der Waals surface area contributed by atoms with Crippen LogP contribution in [0.1, 0.15) is 80.8 Å². The Hall–Kier alpha value is -2.98. The zero-order valence-corrected chi connectivity index (χ0v) is 20.8. The summed E-state index contributed by atoms with van der Waals surface area (Å²) >= 11 is 0. The zero-order valence-electron chi connectivity index (χ0n) is 20.8. The molecule has 1 aromatic carbocycles. The number of carboxylic acid groups (broad SMARTS) is 1. The van der Waals surface area contributed by atoms with Crippen LogP contribution in [0.25, 0.3) is 5.69 Å². The van der Waals surface area contributed by atoms with Crippen molar-refractivity contribution in [2.45, 2.75) is 76.9 Å². The van der Waals surface area contributed by atoms with Gasteiger partial charge in [0, 0.05) is 18.5 Å². The minimum Gasteiger partial charge on any atom is -0.481 e. The summed E-state index contributed by atoms with van der Waals surface area (Å²) in [6.45, 7) is 4.09. The molecule has 1 saturated carbocycles. The number of aliphatic carboxylic acids is 1. The standard InChI is InChI=1S/C26H36FN3O6/c1-16(2)23-24(25(35)28-14-17-6-4-3-5-7-17)29-30(19-10-8-18(27)9-11-19)26(23)36-15-21(32)12-20(31)13-22(33)34/h8-11,16-17,20-21,31-32H,3-7,12-15H2,1-2H3,(H,28,35)(H,33,34)/t20-,21+/m1/s1. The number of hydrogen-bond donors (Lipinski definition) is 4. The molecule has 9 nitrogen and oxygen atoms in total. The molecule has 2 aromatic rings. The maximum absolute atomic E-state index is 13.6. The smallest absolute Gasteiger partial charge is 0.305 e. The summed E-state index contributed by atoms with van der Waals surface area (Å²) < 4.78 is 20.9. The van der Waals surface area contributed by atoms with E-state index in [1.165, 1.54) is 48.2 Å². The summed E-state index contributed by atoms with van der Waals surface area (Å²) in [5, 5.41) is 36.5. The Bertz CT molecular complexity index is 1020. The van der Waals surface area contributed by atoms with E-state index < -0.39 is 30.4 Å². The van der Waals surface area contributed by atoms with Crippen LogP contribution < -0.4 is 10.1 Å². The van der Waals surface area contributed by atoms with E-state index in [2.05, 4.69) is 10.4 Å². The summed E-state index contributed by atoms with van der Waals surface area (Å²) in [5.41, 5.74) is 1.21. The summed E-state index contributed by atoms with van der Waals surface area (Å²) in [4.78, 5) is 24.0. The predicted molar refractivity (Wildman–Crippen MR) is 131 cm³/mol. The second-order valence-corrected chi connectivity index (χ2v) is 9.78. The number of carbonyl (C=O) groups excluding carboxylic acids is 1. The lowest BCUT2D eigenvalue weighted by atomic mass is 9.89. The molecule has 36 heavy (non-hydrogen) atoms. The number of aliphatic hydroxyl groups is 2. The number of ether oxygens (including phenoxy) is 1. The number of aliphatic hydroxyl groups excluding tert-OH is 2. The molecule has 0 spiro atoms. The fourth-order valence-corrected chi connectivity index (χ4v) is 4.55. The van der Waals surface area contributed by atoms with Crippen LogP contribution in [0.3, 0.4) is 0 Å². The topological polar surface area (TPSA) is 134 Å². The fraction of sp³-hybridized carbons (Fsp3) is 0.577. The molecular weight excluding hydrogens is 469 g/mol. The number of rotatable bonds is 12. The zero-order chi connectivity index (χ0) is 26.2. The van der Waals surface area contributed by atoms with Crippen molar-refractivity contribution in [2.24, 2.45) is 5.92 Å². The van der Waals surface area contributed by atoms with Gasteiger partial charge in [0.05, 0.1) is 24.3 Å². The summed E-state index contributed by atoms with van der Waals surface area (Å²) in [6, 6.07) is 5.57. The molecule has 0 saturated heterocycles. The minimum atomic E-state index is -1.23. The lowest BCUT2D eigenvalue weighted by Gasteiger charge is -2.21. The molecule has 3 rings (SSSR count). The van der Waals surface area contributed by atoms with Crippen molar-refractivity contribution < 1.29 is 34.0 Å². The summed E-state index contributed by atoms with van der Waals surface area (Å²) in [7, 11) is 0. The van der Waals surface area contributed by atoms with Gasteiger partial charge in [0.1, 0.15) is 12.4 Å². The highest BCUT2D eigenvalue weighted by Gasteiger charge is 2.28. The van der Waals surface area contributed by atoms with Gasteiger partial charge in [-0.15, -0.1) is 0 Å². The van der Waals surface area contributed by atoms with Gasteiger partial charge in [-0.1, -0.05) is 33.1 Å². The van der Waals surface area contributed by atoms with E-state index in [-0.39, 0.29) is 36.4 Å². The minimum absolute atomic E-state index is 0.167. The van der Waals surface area contributed by atoms with Gasteiger partial charge in [0.25, 0.3) is 5.91 Å². The number of benzene rings is 1. The van der Waals surface area contributed by atoms with Crippen molar-refractivity contribution in [2.75, 3.05) is 13.2 Å². The van der Waals surface area contributed by atoms with Crippen LogP contribution in [0.4, 0.5) is 4.39 Å². The quantitative estimate of drug-likeness (QED) is 0.347. The third-order valence-corrected chi connectivity index (χ3v) is 6.38. The molecule has 1 heterocycles. The molecule has 0 unspecified atom stereocenters. The Balaban J connectivity index is 1.86. The number of halogens is 1. The molecule has 0 aliphatic heterocycles. The normalized spacial score (nSPS) is 16.1. The Morgan fingerprint density at radius 3 is 2.42 bits per heavy atom. The molecular formula is C26H36FN3O6. The van der Waals surface area contributed by atoms with Crippen LogP contribution in [0, 0.1) is 11.7 Å². The van der Waals surface area contributed by atoms with Gasteiger partial charge in [-0.3, -0.25) is 9.59 Å². The number of nitrogens with one attached hydrogen (secondary N) is 1. The van der Waals surface area contributed by atoms with Gasteiger partial charge in [0.15, 0.2) is 5.69 Å². The average molecular weight is 506 g/mol. The van der Waals surface area contributed by atoms with Crippen LogP contribution in [0.2, 0.25) is 0 Å². The first-order valence-corrected chi connectivity index (χ1v) is 12.5. The maximum Gasteiger partial charge on any atom is 0.305 e. The van der Waals surface area contributed by atoms with E-state index in [1.54, 1.807) is 0 Å². The van der Waals surface area contributed by atoms with Gasteiger partial charge in [-0.05, 0) is 48.9 Å². The van der Waals surface area contributed by atoms with E-state index in [0.717, 1.165) is 12.8 Å². The molecule has 10 heteroatoms. The number of carbonyl (C=O) groups is 2. The number of aromatic nitrogens is 2. The fourth-order valence-electron chi connectivity index (χ4n) is 4.55. The first-order chi connectivity index (χ1) is 17.2. The van der Waals surface area contributed by atoms with E-state index in [9.17, 15) is 24.2 Å². The molecule has 2 atom stereocenters. The Morgan fingerprint density at radius 1 is 1.14 bits per heavy atom. The molecule has 0 bridgehead atoms. The molecule has 0 radical (unpaired) electrons. The van der Waals surface area contributed by atoms with Crippen molar-refractivity contribution in [3.8, 4) is 11.6 Å². The highest BCUT2D eigenvalue weighted by molar-refractivity contribution is 5.94. The highest BCUT2D eigenvalue weighted by atomic mass is 19.1. The summed E-state index contributed by atoms with van der Waals surface area (Å²) in [6.07, 6.45) is 2.66. The van der Waals surface area contributed by atoms with Crippen molar-refractivity contribution in [3.05, 3.63) is 41.3 Å². The lowest BCUT2D eigenvalue weighted by Crippen LogP contribution is -2.31. The average Bonchev–Trinajstić information content (AvgIpc) is 3.21. The van der Waals surface area contributed by atoms with Gasteiger partial charge in [-0.25, -0.2) is 9.07 Å². The number of amides is 1. The van der Waals surface area contributed by atoms with Crippen LogP contribution in [0.15, 0.2) is 24.3 Å². The molecule has 1 aliphatic rings. The van der Waals surface area contributed by atoms with Crippen LogP contribution in [-0.2, 0) is 4.79 Å². The highest BCUT2D eigenvalue weighted by Crippen LogP contribution is 2.33. The predicted octanol–water partition coefficient (Wildman–Crippen LogP) is 3.41. The second-order valence-electron chi connectivity index (χ2n) is 9.78. The van der Waals surface area contributed by atoms with Crippen molar-refractivity contribution >= 4 is 11.9 Å². The largest absolute Gasteiger partial charge is 0.481 e. The Labute approximate surface area is 210 Å². The first-order valence-electron chi connectivity index (χ1n) is 12.5. The number of carboxylic acids is 1. The lowest BCUT2D eigenvalue weighted by molar-refractivity contribution is -0.139. The number of hydrogen-bond acceptors (Lipinski definition) is 6. The molecule has 1 aliphatic carbocycles. The number of nitrogens with zero attached hydrogens (tertiary/aromatic N) is 2. The van der Waals surface area contributed by atoms with Crippen molar-refractivity contribution in [1.29, 1.82) is 0 Å². The van der Waals surface area contributed by atoms with E-state index in [1.807, 2.05) is 13.8 Å². The summed E-state index contributed by atoms with van der Waals surface area (Å²) in [5.74, 6) is -1.42. The van der Waals surface area contributed by atoms with Gasteiger partial charge < -0.3 is 25.4 Å². The van der Waals surface area contributed by atoms with Crippen molar-refractivity contribution in [1.82, 2.24) is 15.1 Å². The SMILES string of the molecule is CC(C)c1c(C(=O)NCC2CCCCC2)nn(-c2ccc(F)cc2)c1OC[C@@H](O)C[C@@H](O)CC(=O)O.